The van der Waals surface area contributed by atoms with Crippen LogP contribution in [0.4, 0.5) is 0 Å². The van der Waals surface area contributed by atoms with Gasteiger partial charge in [0.1, 0.15) is 11.8 Å². The summed E-state index contributed by atoms with van der Waals surface area (Å²) in [6.07, 6.45) is 0.217. The molecule has 0 bridgehead atoms. The number of hydrogen-bond acceptors (Lipinski definition) is 4. The number of rotatable bonds is 9. The fraction of sp³-hybridized carbons (Fsp3) is 0.296. The van der Waals surface area contributed by atoms with E-state index in [9.17, 15) is 13.2 Å². The largest absolute Gasteiger partial charge is 0.496 e. The lowest BCUT2D eigenvalue weighted by Crippen LogP contribution is -2.48. The average Bonchev–Trinajstić information content (AvgIpc) is 2.78. The average molecular weight is 481 g/mol. The summed E-state index contributed by atoms with van der Waals surface area (Å²) in [4.78, 5) is 13.6. The highest BCUT2D eigenvalue weighted by Crippen LogP contribution is 2.25. The van der Waals surface area contributed by atoms with Gasteiger partial charge in [-0.1, -0.05) is 66.2 Å². The van der Waals surface area contributed by atoms with Crippen molar-refractivity contribution in [3.8, 4) is 5.75 Å². The SMILES string of the molecule is COc1ccccc1[C@H](C)NC(=O)[C@@H](Cc1ccccc1)NS(=O)(=O)c1c(C)cc(C)cc1C. The molecule has 0 aliphatic rings. The summed E-state index contributed by atoms with van der Waals surface area (Å²) in [5, 5.41) is 2.96. The van der Waals surface area contributed by atoms with Gasteiger partial charge in [0, 0.05) is 5.56 Å². The zero-order valence-electron chi connectivity index (χ0n) is 20.3. The summed E-state index contributed by atoms with van der Waals surface area (Å²) in [5.74, 6) is 0.245. The van der Waals surface area contributed by atoms with E-state index in [1.807, 2.05) is 80.6 Å². The second-order valence-corrected chi connectivity index (χ2v) is 10.2. The van der Waals surface area contributed by atoms with Crippen LogP contribution in [0.5, 0.6) is 5.75 Å². The molecule has 3 aromatic carbocycles. The second kappa shape index (κ2) is 10.8. The van der Waals surface area contributed by atoms with Crippen molar-refractivity contribution in [1.82, 2.24) is 10.0 Å². The van der Waals surface area contributed by atoms with E-state index in [4.69, 9.17) is 4.74 Å². The number of aryl methyl sites for hydroxylation is 3. The van der Waals surface area contributed by atoms with Crippen molar-refractivity contribution < 1.29 is 17.9 Å². The van der Waals surface area contributed by atoms with Crippen LogP contribution in [0, 0.1) is 20.8 Å². The Morgan fingerprint density at radius 1 is 0.941 bits per heavy atom. The minimum Gasteiger partial charge on any atom is -0.496 e. The van der Waals surface area contributed by atoms with E-state index >= 15 is 0 Å². The van der Waals surface area contributed by atoms with Crippen molar-refractivity contribution in [2.75, 3.05) is 7.11 Å². The zero-order chi connectivity index (χ0) is 24.9. The second-order valence-electron chi connectivity index (χ2n) is 8.56. The quantitative estimate of drug-likeness (QED) is 0.476. The van der Waals surface area contributed by atoms with Crippen molar-refractivity contribution in [2.24, 2.45) is 0 Å². The van der Waals surface area contributed by atoms with Crippen molar-refractivity contribution in [1.29, 1.82) is 0 Å². The van der Waals surface area contributed by atoms with Crippen LogP contribution in [0.25, 0.3) is 0 Å². The Hall–Kier alpha value is -3.16. The highest BCUT2D eigenvalue weighted by Gasteiger charge is 2.29. The van der Waals surface area contributed by atoms with E-state index in [2.05, 4.69) is 10.0 Å². The van der Waals surface area contributed by atoms with Crippen molar-refractivity contribution in [3.05, 3.63) is 94.5 Å². The van der Waals surface area contributed by atoms with Gasteiger partial charge in [-0.05, 0) is 56.9 Å². The summed E-state index contributed by atoms with van der Waals surface area (Å²) in [7, 11) is -2.38. The van der Waals surface area contributed by atoms with E-state index in [-0.39, 0.29) is 17.4 Å². The molecule has 0 aliphatic heterocycles. The van der Waals surface area contributed by atoms with Crippen LogP contribution in [-0.4, -0.2) is 27.5 Å². The first-order valence-electron chi connectivity index (χ1n) is 11.2. The Morgan fingerprint density at radius 2 is 1.53 bits per heavy atom. The Bertz CT molecular complexity index is 1230. The molecule has 0 aliphatic carbocycles. The number of sulfonamides is 1. The summed E-state index contributed by atoms with van der Waals surface area (Å²) in [6, 6.07) is 19.1. The van der Waals surface area contributed by atoms with Crippen LogP contribution in [0.3, 0.4) is 0 Å². The topological polar surface area (TPSA) is 84.5 Å². The first-order valence-corrected chi connectivity index (χ1v) is 12.7. The normalized spacial score (nSPS) is 13.2. The number of methoxy groups -OCH3 is 1. The Kier molecular flexibility index (Phi) is 8.12. The lowest BCUT2D eigenvalue weighted by atomic mass is 10.0. The van der Waals surface area contributed by atoms with Gasteiger partial charge in [-0.15, -0.1) is 0 Å². The van der Waals surface area contributed by atoms with Gasteiger partial charge >= 0.3 is 0 Å². The maximum atomic E-state index is 13.4. The number of benzene rings is 3. The fourth-order valence-corrected chi connectivity index (χ4v) is 5.94. The molecule has 0 heterocycles. The van der Waals surface area contributed by atoms with Crippen LogP contribution in [0.2, 0.25) is 0 Å². The molecular weight excluding hydrogens is 448 g/mol. The number of carbonyl (C=O) groups is 1. The Labute approximate surface area is 202 Å². The van der Waals surface area contributed by atoms with Crippen LogP contribution in [-0.2, 0) is 21.2 Å². The van der Waals surface area contributed by atoms with Gasteiger partial charge in [0.15, 0.2) is 0 Å². The van der Waals surface area contributed by atoms with E-state index in [1.54, 1.807) is 21.0 Å². The zero-order valence-corrected chi connectivity index (χ0v) is 21.1. The molecule has 0 aromatic heterocycles. The molecule has 2 N–H and O–H groups in total. The van der Waals surface area contributed by atoms with E-state index in [1.165, 1.54) is 0 Å². The number of carbonyl (C=O) groups excluding carboxylic acids is 1. The maximum Gasteiger partial charge on any atom is 0.241 e. The minimum atomic E-state index is -3.95. The summed E-state index contributed by atoms with van der Waals surface area (Å²) < 4.78 is 35.0. The number of nitrogens with one attached hydrogen (secondary N) is 2. The molecule has 0 unspecified atom stereocenters. The molecule has 6 nitrogen and oxygen atoms in total. The van der Waals surface area contributed by atoms with Gasteiger partial charge in [0.25, 0.3) is 0 Å². The van der Waals surface area contributed by atoms with Crippen molar-refractivity contribution in [3.63, 3.8) is 0 Å². The highest BCUT2D eigenvalue weighted by atomic mass is 32.2. The Balaban J connectivity index is 1.91. The third-order valence-corrected chi connectivity index (χ3v) is 7.51. The van der Waals surface area contributed by atoms with E-state index < -0.39 is 22.0 Å². The summed E-state index contributed by atoms with van der Waals surface area (Å²) >= 11 is 0. The molecule has 0 saturated heterocycles. The summed E-state index contributed by atoms with van der Waals surface area (Å²) in [6.45, 7) is 7.31. The molecule has 7 heteroatoms. The van der Waals surface area contributed by atoms with Crippen LogP contribution >= 0.6 is 0 Å². The third-order valence-electron chi connectivity index (χ3n) is 5.73. The number of para-hydroxylation sites is 1. The first kappa shape index (κ1) is 25.5. The molecule has 2 atom stereocenters. The van der Waals surface area contributed by atoms with E-state index in [0.29, 0.717) is 16.9 Å². The molecule has 0 fully saturated rings. The van der Waals surface area contributed by atoms with Gasteiger partial charge in [-0.3, -0.25) is 4.79 Å². The molecule has 3 aromatic rings. The third kappa shape index (κ3) is 6.04. The van der Waals surface area contributed by atoms with Gasteiger partial charge in [-0.2, -0.15) is 4.72 Å². The van der Waals surface area contributed by atoms with Gasteiger partial charge in [0.05, 0.1) is 18.0 Å². The predicted molar refractivity (Wildman–Crippen MR) is 134 cm³/mol. The van der Waals surface area contributed by atoms with Crippen LogP contribution in [0.15, 0.2) is 71.6 Å². The maximum absolute atomic E-state index is 13.4. The van der Waals surface area contributed by atoms with Gasteiger partial charge < -0.3 is 10.1 Å². The molecule has 3 rings (SSSR count). The molecule has 1 amide bonds. The monoisotopic (exact) mass is 480 g/mol. The highest BCUT2D eigenvalue weighted by molar-refractivity contribution is 7.89. The van der Waals surface area contributed by atoms with Crippen molar-refractivity contribution >= 4 is 15.9 Å². The smallest absolute Gasteiger partial charge is 0.241 e. The molecule has 0 saturated carbocycles. The van der Waals surface area contributed by atoms with E-state index in [0.717, 1.165) is 16.7 Å². The Morgan fingerprint density at radius 3 is 2.15 bits per heavy atom. The molecule has 34 heavy (non-hydrogen) atoms. The number of hydrogen-bond donors (Lipinski definition) is 2. The molecular formula is C27H32N2O4S. The number of ether oxygens (including phenoxy) is 1. The molecule has 0 spiro atoms. The first-order chi connectivity index (χ1) is 16.1. The fourth-order valence-electron chi connectivity index (χ4n) is 4.29. The predicted octanol–water partition coefficient (Wildman–Crippen LogP) is 4.39. The van der Waals surface area contributed by atoms with Gasteiger partial charge in [0.2, 0.25) is 15.9 Å². The lowest BCUT2D eigenvalue weighted by Gasteiger charge is -2.23. The molecule has 180 valence electrons. The minimum absolute atomic E-state index is 0.210. The lowest BCUT2D eigenvalue weighted by molar-refractivity contribution is -0.123. The summed E-state index contributed by atoms with van der Waals surface area (Å²) in [5.41, 5.74) is 3.94. The van der Waals surface area contributed by atoms with Crippen LogP contribution in [0.1, 0.15) is 40.8 Å². The van der Waals surface area contributed by atoms with Gasteiger partial charge in [-0.25, -0.2) is 8.42 Å². The number of amides is 1. The van der Waals surface area contributed by atoms with Crippen LogP contribution < -0.4 is 14.8 Å². The standard InChI is InChI=1S/C27H32N2O4S/c1-18-15-19(2)26(20(3)16-18)34(31,32)29-24(17-22-11-7-6-8-12-22)27(30)28-21(4)23-13-9-10-14-25(23)33-5/h6-16,21,24,29H,17H2,1-5H3,(H,28,30)/t21-,24+/m0/s1. The van der Waals surface area contributed by atoms with Crippen molar-refractivity contribution in [2.45, 2.75) is 51.1 Å². The molecule has 0 radical (unpaired) electrons.